The molecule has 1 amide bonds. The first-order valence-corrected chi connectivity index (χ1v) is 12.3. The van der Waals surface area contributed by atoms with E-state index in [1.54, 1.807) is 25.3 Å². The number of nitrogens with one attached hydrogen (secondary N) is 1. The molecule has 3 aromatic carbocycles. The standard InChI is InChI=1S/C30H31N3O5/c1-5-6-16-38-22-11-9-10-20(17-22)26-18-24(23-12-7-8-13-25(23)32-26)30(34)33-31-19-21-14-15-27(35-2)29(37-4)28(21)36-3/h7-15,17-19H,5-6,16H2,1-4H3,(H,33,34)/b31-19+. The van der Waals surface area contributed by atoms with Gasteiger partial charge in [-0.05, 0) is 42.8 Å². The van der Waals surface area contributed by atoms with Gasteiger partial charge in [0.1, 0.15) is 5.75 Å². The van der Waals surface area contributed by atoms with Gasteiger partial charge in [0.2, 0.25) is 5.75 Å². The Morgan fingerprint density at radius 1 is 0.947 bits per heavy atom. The molecule has 38 heavy (non-hydrogen) atoms. The van der Waals surface area contributed by atoms with Crippen molar-refractivity contribution in [3.05, 3.63) is 77.9 Å². The number of methoxy groups -OCH3 is 3. The number of hydrogen-bond acceptors (Lipinski definition) is 7. The van der Waals surface area contributed by atoms with Crippen LogP contribution in [0.3, 0.4) is 0 Å². The molecule has 0 saturated carbocycles. The van der Waals surface area contributed by atoms with Crippen molar-refractivity contribution in [3.8, 4) is 34.3 Å². The predicted molar refractivity (Wildman–Crippen MR) is 149 cm³/mol. The van der Waals surface area contributed by atoms with E-state index in [0.29, 0.717) is 46.2 Å². The molecule has 0 bridgehead atoms. The molecule has 0 aliphatic heterocycles. The van der Waals surface area contributed by atoms with Gasteiger partial charge in [0, 0.05) is 16.5 Å². The number of pyridine rings is 1. The molecule has 0 unspecified atom stereocenters. The number of carbonyl (C=O) groups excluding carboxylic acids is 1. The van der Waals surface area contributed by atoms with Crippen molar-refractivity contribution < 1.29 is 23.7 Å². The molecule has 0 aliphatic rings. The quantitative estimate of drug-likeness (QED) is 0.153. The molecular formula is C30H31N3O5. The number of rotatable bonds is 11. The molecule has 0 atom stereocenters. The number of para-hydroxylation sites is 1. The molecular weight excluding hydrogens is 482 g/mol. The van der Waals surface area contributed by atoms with Crippen LogP contribution in [0.2, 0.25) is 0 Å². The van der Waals surface area contributed by atoms with E-state index in [9.17, 15) is 4.79 Å². The van der Waals surface area contributed by atoms with Crippen LogP contribution in [0.5, 0.6) is 23.0 Å². The molecule has 4 rings (SSSR count). The number of hydrogen-bond donors (Lipinski definition) is 1. The van der Waals surface area contributed by atoms with Crippen LogP contribution in [0.25, 0.3) is 22.2 Å². The molecule has 0 fully saturated rings. The summed E-state index contributed by atoms with van der Waals surface area (Å²) in [6.07, 6.45) is 3.55. The van der Waals surface area contributed by atoms with Crippen LogP contribution < -0.4 is 24.4 Å². The van der Waals surface area contributed by atoms with E-state index in [1.807, 2.05) is 48.5 Å². The average molecular weight is 514 g/mol. The zero-order valence-electron chi connectivity index (χ0n) is 22.0. The van der Waals surface area contributed by atoms with Gasteiger partial charge in [-0.3, -0.25) is 4.79 Å². The fraction of sp³-hybridized carbons (Fsp3) is 0.233. The lowest BCUT2D eigenvalue weighted by atomic mass is 10.0. The molecule has 4 aromatic rings. The number of nitrogens with zero attached hydrogens (tertiary/aromatic N) is 2. The number of benzene rings is 3. The summed E-state index contributed by atoms with van der Waals surface area (Å²) in [7, 11) is 4.61. The van der Waals surface area contributed by atoms with Crippen LogP contribution >= 0.6 is 0 Å². The minimum Gasteiger partial charge on any atom is -0.494 e. The Kier molecular flexibility index (Phi) is 8.77. The lowest BCUT2D eigenvalue weighted by Crippen LogP contribution is -2.18. The van der Waals surface area contributed by atoms with E-state index in [-0.39, 0.29) is 5.91 Å². The zero-order chi connectivity index (χ0) is 26.9. The molecule has 0 radical (unpaired) electrons. The van der Waals surface area contributed by atoms with Crippen LogP contribution in [0, 0.1) is 0 Å². The smallest absolute Gasteiger partial charge is 0.272 e. The van der Waals surface area contributed by atoms with Crippen LogP contribution in [0.4, 0.5) is 0 Å². The lowest BCUT2D eigenvalue weighted by Gasteiger charge is -2.13. The van der Waals surface area contributed by atoms with Crippen LogP contribution in [-0.2, 0) is 0 Å². The molecule has 1 aromatic heterocycles. The third-order valence-corrected chi connectivity index (χ3v) is 5.96. The topological polar surface area (TPSA) is 91.3 Å². The number of ether oxygens (including phenoxy) is 4. The van der Waals surface area contributed by atoms with E-state index in [1.165, 1.54) is 20.4 Å². The van der Waals surface area contributed by atoms with E-state index in [4.69, 9.17) is 23.9 Å². The van der Waals surface area contributed by atoms with Gasteiger partial charge in [-0.25, -0.2) is 10.4 Å². The van der Waals surface area contributed by atoms with Crippen molar-refractivity contribution >= 4 is 23.0 Å². The highest BCUT2D eigenvalue weighted by Gasteiger charge is 2.16. The molecule has 8 heteroatoms. The highest BCUT2D eigenvalue weighted by molar-refractivity contribution is 6.07. The fourth-order valence-corrected chi connectivity index (χ4v) is 4.04. The lowest BCUT2D eigenvalue weighted by molar-refractivity contribution is 0.0956. The van der Waals surface area contributed by atoms with Crippen LogP contribution in [-0.4, -0.2) is 45.0 Å². The molecule has 8 nitrogen and oxygen atoms in total. The summed E-state index contributed by atoms with van der Waals surface area (Å²) in [4.78, 5) is 18.1. The number of unbranched alkanes of at least 4 members (excludes halogenated alkanes) is 1. The summed E-state index contributed by atoms with van der Waals surface area (Å²) in [5.41, 5.74) is 5.94. The van der Waals surface area contributed by atoms with Crippen molar-refractivity contribution in [1.82, 2.24) is 10.4 Å². The van der Waals surface area contributed by atoms with Crippen LogP contribution in [0.15, 0.2) is 71.8 Å². The first-order valence-electron chi connectivity index (χ1n) is 12.3. The Morgan fingerprint density at radius 3 is 2.53 bits per heavy atom. The zero-order valence-corrected chi connectivity index (χ0v) is 22.0. The number of amides is 1. The maximum Gasteiger partial charge on any atom is 0.272 e. The Morgan fingerprint density at radius 2 is 1.76 bits per heavy atom. The third kappa shape index (κ3) is 5.86. The minimum absolute atomic E-state index is 0.365. The van der Waals surface area contributed by atoms with Crippen molar-refractivity contribution in [3.63, 3.8) is 0 Å². The van der Waals surface area contributed by atoms with E-state index in [0.717, 1.165) is 29.5 Å². The van der Waals surface area contributed by atoms with Gasteiger partial charge in [-0.15, -0.1) is 0 Å². The predicted octanol–water partition coefficient (Wildman–Crippen LogP) is 5.87. The van der Waals surface area contributed by atoms with Gasteiger partial charge in [-0.2, -0.15) is 5.10 Å². The van der Waals surface area contributed by atoms with E-state index >= 15 is 0 Å². The van der Waals surface area contributed by atoms with Crippen molar-refractivity contribution in [2.45, 2.75) is 19.8 Å². The second kappa shape index (κ2) is 12.6. The Bertz CT molecular complexity index is 1450. The highest BCUT2D eigenvalue weighted by atomic mass is 16.5. The normalized spacial score (nSPS) is 10.9. The van der Waals surface area contributed by atoms with Crippen molar-refractivity contribution in [1.29, 1.82) is 0 Å². The van der Waals surface area contributed by atoms with Gasteiger partial charge < -0.3 is 18.9 Å². The van der Waals surface area contributed by atoms with Gasteiger partial charge >= 0.3 is 0 Å². The Hall–Kier alpha value is -4.59. The summed E-state index contributed by atoms with van der Waals surface area (Å²) >= 11 is 0. The molecule has 0 aliphatic carbocycles. The Balaban J connectivity index is 1.63. The number of carbonyl (C=O) groups is 1. The van der Waals surface area contributed by atoms with E-state index < -0.39 is 0 Å². The first kappa shape index (κ1) is 26.5. The SMILES string of the molecule is CCCCOc1cccc(-c2cc(C(=O)N/N=C/c3ccc(OC)c(OC)c3OC)c3ccccc3n2)c1. The minimum atomic E-state index is -0.365. The molecule has 0 spiro atoms. The van der Waals surface area contributed by atoms with Gasteiger partial charge in [-0.1, -0.05) is 43.7 Å². The summed E-state index contributed by atoms with van der Waals surface area (Å²) in [6, 6.07) is 20.5. The molecule has 1 N–H and O–H groups in total. The van der Waals surface area contributed by atoms with E-state index in [2.05, 4.69) is 17.5 Å². The molecule has 0 saturated heterocycles. The fourth-order valence-electron chi connectivity index (χ4n) is 4.04. The first-order chi connectivity index (χ1) is 18.6. The summed E-state index contributed by atoms with van der Waals surface area (Å²) in [5.74, 6) is 1.82. The Labute approximate surface area is 222 Å². The summed E-state index contributed by atoms with van der Waals surface area (Å²) < 4.78 is 22.1. The largest absolute Gasteiger partial charge is 0.494 e. The number of hydrazone groups is 1. The summed E-state index contributed by atoms with van der Waals surface area (Å²) in [5, 5.41) is 4.91. The third-order valence-electron chi connectivity index (χ3n) is 5.96. The highest BCUT2D eigenvalue weighted by Crippen LogP contribution is 2.39. The van der Waals surface area contributed by atoms with Crippen molar-refractivity contribution in [2.24, 2.45) is 5.10 Å². The number of aromatic nitrogens is 1. The van der Waals surface area contributed by atoms with Crippen molar-refractivity contribution in [2.75, 3.05) is 27.9 Å². The monoisotopic (exact) mass is 513 g/mol. The van der Waals surface area contributed by atoms with Gasteiger partial charge in [0.15, 0.2) is 11.5 Å². The second-order valence-electron chi connectivity index (χ2n) is 8.42. The summed E-state index contributed by atoms with van der Waals surface area (Å²) in [6.45, 7) is 2.78. The van der Waals surface area contributed by atoms with Crippen LogP contribution in [0.1, 0.15) is 35.7 Å². The number of fused-ring (bicyclic) bond motifs is 1. The maximum atomic E-state index is 13.3. The average Bonchev–Trinajstić information content (AvgIpc) is 2.96. The molecule has 1 heterocycles. The second-order valence-corrected chi connectivity index (χ2v) is 8.42. The molecule has 196 valence electrons. The van der Waals surface area contributed by atoms with Gasteiger partial charge in [0.05, 0.1) is 50.9 Å². The van der Waals surface area contributed by atoms with Gasteiger partial charge in [0.25, 0.3) is 5.91 Å². The maximum absolute atomic E-state index is 13.3.